The summed E-state index contributed by atoms with van der Waals surface area (Å²) in [4.78, 5) is 12.3. The zero-order valence-electron chi connectivity index (χ0n) is 13.2. The molecule has 0 aromatic heterocycles. The van der Waals surface area contributed by atoms with Gasteiger partial charge in [-0.2, -0.15) is 5.26 Å². The molecule has 0 atom stereocenters. The highest BCUT2D eigenvalue weighted by molar-refractivity contribution is 6.32. The predicted molar refractivity (Wildman–Crippen MR) is 92.8 cm³/mol. The molecule has 0 fully saturated rings. The van der Waals surface area contributed by atoms with Crippen molar-refractivity contribution < 1.29 is 19.0 Å². The van der Waals surface area contributed by atoms with E-state index >= 15 is 0 Å². The maximum atomic E-state index is 12.3. The summed E-state index contributed by atoms with van der Waals surface area (Å²) in [5.41, 5.74) is 0.952. The zero-order valence-corrected chi connectivity index (χ0v) is 14.0. The minimum atomic E-state index is -0.540. The lowest BCUT2D eigenvalue weighted by atomic mass is 10.1. The molecule has 7 heteroatoms. The Bertz CT molecular complexity index is 885. The third-order valence-corrected chi connectivity index (χ3v) is 3.83. The fraction of sp³-hybridized carbons (Fsp3) is 0.111. The second kappa shape index (κ2) is 7.16. The number of rotatable bonds is 4. The van der Waals surface area contributed by atoms with E-state index in [2.05, 4.69) is 5.32 Å². The van der Waals surface area contributed by atoms with Crippen LogP contribution in [-0.2, 0) is 4.79 Å². The van der Waals surface area contributed by atoms with Crippen molar-refractivity contribution >= 4 is 29.3 Å². The summed E-state index contributed by atoms with van der Waals surface area (Å²) in [5.74, 6) is 1.18. The summed E-state index contributed by atoms with van der Waals surface area (Å²) in [5, 5.41) is 12.3. The molecule has 2 aromatic rings. The van der Waals surface area contributed by atoms with Gasteiger partial charge in [-0.05, 0) is 42.0 Å². The summed E-state index contributed by atoms with van der Waals surface area (Å²) in [6, 6.07) is 11.9. The van der Waals surface area contributed by atoms with Gasteiger partial charge in [0.2, 0.25) is 6.79 Å². The Kier molecular flexibility index (Phi) is 4.78. The molecule has 0 bridgehead atoms. The van der Waals surface area contributed by atoms with Crippen LogP contribution in [0.3, 0.4) is 0 Å². The highest BCUT2D eigenvalue weighted by Gasteiger charge is 2.17. The van der Waals surface area contributed by atoms with Gasteiger partial charge in [-0.15, -0.1) is 0 Å². The first-order valence-electron chi connectivity index (χ1n) is 7.27. The van der Waals surface area contributed by atoms with Crippen LogP contribution in [0.4, 0.5) is 5.69 Å². The van der Waals surface area contributed by atoms with Gasteiger partial charge in [0.25, 0.3) is 5.91 Å². The number of carbonyl (C=O) groups is 1. The molecular formula is C18H13ClN2O4. The lowest BCUT2D eigenvalue weighted by Crippen LogP contribution is -2.13. The molecule has 1 aliphatic rings. The van der Waals surface area contributed by atoms with E-state index in [1.807, 2.05) is 6.07 Å². The van der Waals surface area contributed by atoms with Crippen LogP contribution in [-0.4, -0.2) is 19.8 Å². The molecule has 126 valence electrons. The van der Waals surface area contributed by atoms with E-state index < -0.39 is 5.91 Å². The predicted octanol–water partition coefficient (Wildman–Crippen LogP) is 3.62. The molecule has 0 spiro atoms. The Morgan fingerprint density at radius 1 is 1.28 bits per heavy atom. The summed E-state index contributed by atoms with van der Waals surface area (Å²) in [6.07, 6.45) is 1.41. The molecule has 1 aliphatic heterocycles. The summed E-state index contributed by atoms with van der Waals surface area (Å²) in [6.45, 7) is 0.113. The van der Waals surface area contributed by atoms with E-state index in [4.69, 9.17) is 25.8 Å². The SMILES string of the molecule is COc1ccc(NC(=O)/C(C#N)=C/c2cc3c(cc2Cl)OCO3)cc1. The average molecular weight is 357 g/mol. The molecule has 0 radical (unpaired) electrons. The molecule has 6 nitrogen and oxygen atoms in total. The first-order valence-corrected chi connectivity index (χ1v) is 7.65. The number of fused-ring (bicyclic) bond motifs is 1. The van der Waals surface area contributed by atoms with Gasteiger partial charge < -0.3 is 19.5 Å². The van der Waals surface area contributed by atoms with Gasteiger partial charge in [0.05, 0.1) is 12.1 Å². The van der Waals surface area contributed by atoms with Crippen molar-refractivity contribution in [3.05, 3.63) is 52.6 Å². The van der Waals surface area contributed by atoms with Crippen molar-refractivity contribution in [3.8, 4) is 23.3 Å². The van der Waals surface area contributed by atoms with Gasteiger partial charge in [-0.25, -0.2) is 0 Å². The number of benzene rings is 2. The maximum absolute atomic E-state index is 12.3. The van der Waals surface area contributed by atoms with Crippen LogP contribution in [0.15, 0.2) is 42.0 Å². The molecule has 2 aromatic carbocycles. The van der Waals surface area contributed by atoms with Gasteiger partial charge in [0.15, 0.2) is 11.5 Å². The quantitative estimate of drug-likeness (QED) is 0.668. The normalized spacial score (nSPS) is 12.4. The van der Waals surface area contributed by atoms with Crippen LogP contribution in [0.2, 0.25) is 5.02 Å². The van der Waals surface area contributed by atoms with Crippen LogP contribution in [0.25, 0.3) is 6.08 Å². The number of methoxy groups -OCH3 is 1. The zero-order chi connectivity index (χ0) is 17.8. The second-order valence-electron chi connectivity index (χ2n) is 5.08. The minimum absolute atomic E-state index is 0.0865. The Morgan fingerprint density at radius 3 is 2.60 bits per heavy atom. The number of hydrogen-bond donors (Lipinski definition) is 1. The van der Waals surface area contributed by atoms with E-state index in [-0.39, 0.29) is 12.4 Å². The van der Waals surface area contributed by atoms with Gasteiger partial charge in [-0.3, -0.25) is 4.79 Å². The highest BCUT2D eigenvalue weighted by atomic mass is 35.5. The summed E-state index contributed by atoms with van der Waals surface area (Å²) >= 11 is 6.17. The molecule has 1 amide bonds. The average Bonchev–Trinajstić information content (AvgIpc) is 3.07. The van der Waals surface area contributed by atoms with Crippen LogP contribution < -0.4 is 19.5 Å². The van der Waals surface area contributed by atoms with E-state index in [9.17, 15) is 10.1 Å². The monoisotopic (exact) mass is 356 g/mol. The van der Waals surface area contributed by atoms with Gasteiger partial charge in [0.1, 0.15) is 17.4 Å². The highest BCUT2D eigenvalue weighted by Crippen LogP contribution is 2.37. The van der Waals surface area contributed by atoms with E-state index in [0.29, 0.717) is 33.5 Å². The van der Waals surface area contributed by atoms with E-state index in [0.717, 1.165) is 0 Å². The molecule has 0 aliphatic carbocycles. The van der Waals surface area contributed by atoms with E-state index in [1.54, 1.807) is 43.5 Å². The Labute approximate surface area is 149 Å². The number of hydrogen-bond acceptors (Lipinski definition) is 5. The number of nitrogens with one attached hydrogen (secondary N) is 1. The number of nitriles is 1. The van der Waals surface area contributed by atoms with Crippen LogP contribution in [0.1, 0.15) is 5.56 Å². The van der Waals surface area contributed by atoms with Crippen molar-refractivity contribution in [2.24, 2.45) is 0 Å². The molecule has 0 saturated heterocycles. The first-order chi connectivity index (χ1) is 12.1. The molecule has 1 heterocycles. The molecule has 0 unspecified atom stereocenters. The number of ether oxygens (including phenoxy) is 3. The molecular weight excluding hydrogens is 344 g/mol. The smallest absolute Gasteiger partial charge is 0.266 e. The van der Waals surface area contributed by atoms with Crippen molar-refractivity contribution in [1.29, 1.82) is 5.26 Å². The van der Waals surface area contributed by atoms with E-state index in [1.165, 1.54) is 6.08 Å². The Balaban J connectivity index is 1.82. The number of nitrogens with zero attached hydrogens (tertiary/aromatic N) is 1. The molecule has 1 N–H and O–H groups in total. The third-order valence-electron chi connectivity index (χ3n) is 3.50. The lowest BCUT2D eigenvalue weighted by Gasteiger charge is -2.06. The maximum Gasteiger partial charge on any atom is 0.266 e. The fourth-order valence-corrected chi connectivity index (χ4v) is 2.43. The van der Waals surface area contributed by atoms with Crippen molar-refractivity contribution in [3.63, 3.8) is 0 Å². The molecule has 0 saturated carbocycles. The van der Waals surface area contributed by atoms with Crippen molar-refractivity contribution in [2.45, 2.75) is 0 Å². The third kappa shape index (κ3) is 3.67. The van der Waals surface area contributed by atoms with Crippen LogP contribution >= 0.6 is 11.6 Å². The number of amides is 1. The van der Waals surface area contributed by atoms with Crippen LogP contribution in [0.5, 0.6) is 17.2 Å². The second-order valence-corrected chi connectivity index (χ2v) is 5.49. The summed E-state index contributed by atoms with van der Waals surface area (Å²) in [7, 11) is 1.55. The lowest BCUT2D eigenvalue weighted by molar-refractivity contribution is -0.112. The van der Waals surface area contributed by atoms with Gasteiger partial charge in [0, 0.05) is 11.8 Å². The Morgan fingerprint density at radius 2 is 1.96 bits per heavy atom. The number of carbonyl (C=O) groups excluding carboxylic acids is 1. The fourth-order valence-electron chi connectivity index (χ4n) is 2.22. The number of anilines is 1. The number of halogens is 1. The topological polar surface area (TPSA) is 80.6 Å². The first kappa shape index (κ1) is 16.7. The van der Waals surface area contributed by atoms with Gasteiger partial charge >= 0.3 is 0 Å². The molecule has 3 rings (SSSR count). The summed E-state index contributed by atoms with van der Waals surface area (Å²) < 4.78 is 15.6. The molecule has 25 heavy (non-hydrogen) atoms. The van der Waals surface area contributed by atoms with Crippen molar-refractivity contribution in [2.75, 3.05) is 19.2 Å². The van der Waals surface area contributed by atoms with Crippen molar-refractivity contribution in [1.82, 2.24) is 0 Å². The van der Waals surface area contributed by atoms with Gasteiger partial charge in [-0.1, -0.05) is 11.6 Å². The Hall–Kier alpha value is -3.17. The standard InChI is InChI=1S/C18H13ClN2O4/c1-23-14-4-2-13(3-5-14)21-18(22)12(9-20)6-11-7-16-17(8-15(11)19)25-10-24-16/h2-8H,10H2,1H3,(H,21,22)/b12-6+. The van der Waals surface area contributed by atoms with Crippen LogP contribution in [0, 0.1) is 11.3 Å². The minimum Gasteiger partial charge on any atom is -0.497 e. The largest absolute Gasteiger partial charge is 0.497 e.